The molecule has 7 heteroatoms. The lowest BCUT2D eigenvalue weighted by Gasteiger charge is -2.18. The molecule has 0 aliphatic rings. The molecule has 0 N–H and O–H groups in total. The molecule has 0 bridgehead atoms. The normalized spacial score (nSPS) is 10.7. The summed E-state index contributed by atoms with van der Waals surface area (Å²) in [6.07, 6.45) is 1.08. The molecule has 6 nitrogen and oxygen atoms in total. The maximum atomic E-state index is 12.5. The molecular formula is C20H23N3O3S. The van der Waals surface area contributed by atoms with Crippen LogP contribution in [0.3, 0.4) is 0 Å². The van der Waals surface area contributed by atoms with Crippen molar-refractivity contribution in [1.82, 2.24) is 15.0 Å². The average molecular weight is 385 g/mol. The van der Waals surface area contributed by atoms with Crippen molar-refractivity contribution in [2.75, 3.05) is 13.2 Å². The summed E-state index contributed by atoms with van der Waals surface area (Å²) in [5.74, 6) is 1.90. The van der Waals surface area contributed by atoms with Gasteiger partial charge in [-0.2, -0.15) is 4.98 Å². The van der Waals surface area contributed by atoms with Gasteiger partial charge >= 0.3 is 0 Å². The van der Waals surface area contributed by atoms with Crippen LogP contribution in [0.1, 0.15) is 31.2 Å². The van der Waals surface area contributed by atoms with E-state index in [-0.39, 0.29) is 5.91 Å². The Kier molecular flexibility index (Phi) is 6.59. The Morgan fingerprint density at radius 2 is 2.07 bits per heavy atom. The van der Waals surface area contributed by atoms with Gasteiger partial charge in [-0.15, -0.1) is 11.3 Å². The van der Waals surface area contributed by atoms with Crippen molar-refractivity contribution in [3.05, 3.63) is 53.2 Å². The van der Waals surface area contributed by atoms with Gasteiger partial charge in [0.25, 0.3) is 0 Å². The molecule has 142 valence electrons. The summed E-state index contributed by atoms with van der Waals surface area (Å²) in [5.41, 5.74) is 1.19. The maximum Gasteiger partial charge on any atom is 0.246 e. The van der Waals surface area contributed by atoms with Gasteiger partial charge in [0.05, 0.1) is 18.0 Å². The molecule has 0 aliphatic heterocycles. The second kappa shape index (κ2) is 9.32. The van der Waals surface area contributed by atoms with Crippen molar-refractivity contribution in [2.24, 2.45) is 0 Å². The zero-order valence-corrected chi connectivity index (χ0v) is 16.4. The molecule has 0 unspecified atom stereocenters. The number of hydrogen-bond acceptors (Lipinski definition) is 6. The smallest absolute Gasteiger partial charge is 0.246 e. The van der Waals surface area contributed by atoms with Crippen LogP contribution in [0.2, 0.25) is 0 Å². The minimum atomic E-state index is 0.0564. The minimum absolute atomic E-state index is 0.0564. The number of rotatable bonds is 9. The molecule has 0 saturated carbocycles. The van der Waals surface area contributed by atoms with E-state index < -0.39 is 0 Å². The van der Waals surface area contributed by atoms with E-state index in [4.69, 9.17) is 9.26 Å². The summed E-state index contributed by atoms with van der Waals surface area (Å²) < 4.78 is 11.0. The molecule has 2 heterocycles. The summed E-state index contributed by atoms with van der Waals surface area (Å²) in [6.45, 7) is 5.40. The highest BCUT2D eigenvalue weighted by Crippen LogP contribution is 2.21. The van der Waals surface area contributed by atoms with Gasteiger partial charge in [0.1, 0.15) is 5.75 Å². The van der Waals surface area contributed by atoms with E-state index in [0.717, 1.165) is 10.6 Å². The number of benzene rings is 1. The topological polar surface area (TPSA) is 68.5 Å². The monoisotopic (exact) mass is 385 g/mol. The molecular weight excluding hydrogens is 362 g/mol. The van der Waals surface area contributed by atoms with Crippen molar-refractivity contribution in [1.29, 1.82) is 0 Å². The minimum Gasteiger partial charge on any atom is -0.494 e. The molecule has 3 rings (SSSR count). The third-order valence-corrected chi connectivity index (χ3v) is 4.96. The average Bonchev–Trinajstić information content (AvgIpc) is 3.36. The zero-order chi connectivity index (χ0) is 19.1. The zero-order valence-electron chi connectivity index (χ0n) is 15.6. The molecule has 0 spiro atoms. The van der Waals surface area contributed by atoms with E-state index in [9.17, 15) is 4.79 Å². The van der Waals surface area contributed by atoms with Crippen LogP contribution in [0.4, 0.5) is 0 Å². The molecule has 27 heavy (non-hydrogen) atoms. The predicted octanol–water partition coefficient (Wildman–Crippen LogP) is 4.31. The number of aromatic nitrogens is 2. The van der Waals surface area contributed by atoms with E-state index in [2.05, 4.69) is 10.1 Å². The molecule has 0 radical (unpaired) electrons. The van der Waals surface area contributed by atoms with Gasteiger partial charge in [-0.1, -0.05) is 28.9 Å². The molecule has 0 atom stereocenters. The van der Waals surface area contributed by atoms with Crippen molar-refractivity contribution >= 4 is 17.2 Å². The van der Waals surface area contributed by atoms with Gasteiger partial charge in [-0.25, -0.2) is 0 Å². The first kappa shape index (κ1) is 19.1. The van der Waals surface area contributed by atoms with Crippen LogP contribution in [0.5, 0.6) is 5.75 Å². The molecule has 0 aliphatic carbocycles. The Labute approximate surface area is 162 Å². The lowest BCUT2D eigenvalue weighted by atomic mass is 10.2. The molecule has 1 amide bonds. The number of carbonyl (C=O) groups excluding carboxylic acids is 1. The quantitative estimate of drug-likeness (QED) is 0.513. The Morgan fingerprint density at radius 3 is 2.78 bits per heavy atom. The third-order valence-electron chi connectivity index (χ3n) is 4.09. The highest BCUT2D eigenvalue weighted by molar-refractivity contribution is 7.13. The maximum absolute atomic E-state index is 12.5. The fourth-order valence-corrected chi connectivity index (χ4v) is 3.22. The predicted molar refractivity (Wildman–Crippen MR) is 105 cm³/mol. The van der Waals surface area contributed by atoms with Crippen LogP contribution in [-0.2, 0) is 11.3 Å². The van der Waals surface area contributed by atoms with Gasteiger partial charge in [0.2, 0.25) is 17.6 Å². The largest absolute Gasteiger partial charge is 0.494 e. The second-order valence-corrected chi connectivity index (χ2v) is 7.11. The molecule has 2 aromatic heterocycles. The van der Waals surface area contributed by atoms with E-state index in [1.54, 1.807) is 16.2 Å². The van der Waals surface area contributed by atoms with Gasteiger partial charge < -0.3 is 14.2 Å². The van der Waals surface area contributed by atoms with Crippen molar-refractivity contribution in [3.8, 4) is 16.5 Å². The number of carbonyl (C=O) groups is 1. The number of nitrogens with zero attached hydrogens (tertiary/aromatic N) is 3. The first-order valence-electron chi connectivity index (χ1n) is 8.99. The summed E-state index contributed by atoms with van der Waals surface area (Å²) >= 11 is 1.55. The number of thiophene rings is 1. The summed E-state index contributed by atoms with van der Waals surface area (Å²) in [6, 6.07) is 11.8. The highest BCUT2D eigenvalue weighted by Gasteiger charge is 2.17. The van der Waals surface area contributed by atoms with E-state index in [1.165, 1.54) is 5.56 Å². The number of hydrogen-bond donors (Lipinski definition) is 0. The summed E-state index contributed by atoms with van der Waals surface area (Å²) in [7, 11) is 0. The van der Waals surface area contributed by atoms with Crippen LogP contribution in [0.25, 0.3) is 10.7 Å². The Morgan fingerprint density at radius 1 is 1.26 bits per heavy atom. The second-order valence-electron chi connectivity index (χ2n) is 6.16. The fraction of sp³-hybridized carbons (Fsp3) is 0.350. The summed E-state index contributed by atoms with van der Waals surface area (Å²) in [5, 5.41) is 5.95. The van der Waals surface area contributed by atoms with Gasteiger partial charge in [0, 0.05) is 13.0 Å². The standard InChI is InChI=1S/C20H23N3O3S/c1-3-23(14-18-21-20(22-26-18)17-6-5-13-27-17)19(24)7-4-12-25-16-10-8-15(2)9-11-16/h5-6,8-11,13H,3-4,7,12,14H2,1-2H3. The van der Waals surface area contributed by atoms with E-state index in [0.29, 0.717) is 44.3 Å². The highest BCUT2D eigenvalue weighted by atomic mass is 32.1. The van der Waals surface area contributed by atoms with Crippen LogP contribution < -0.4 is 4.74 Å². The Bertz CT molecular complexity index is 844. The van der Waals surface area contributed by atoms with Crippen molar-refractivity contribution in [3.63, 3.8) is 0 Å². The van der Waals surface area contributed by atoms with Gasteiger partial charge in [-0.05, 0) is 43.8 Å². The molecule has 1 aromatic carbocycles. The first-order valence-corrected chi connectivity index (χ1v) is 9.87. The first-order chi connectivity index (χ1) is 13.2. The SMILES string of the molecule is CCN(Cc1nc(-c2cccs2)no1)C(=O)CCCOc1ccc(C)cc1. The Balaban J connectivity index is 1.45. The molecule has 0 fully saturated rings. The van der Waals surface area contributed by atoms with E-state index >= 15 is 0 Å². The van der Waals surface area contributed by atoms with E-state index in [1.807, 2.05) is 55.6 Å². The molecule has 3 aromatic rings. The fourth-order valence-electron chi connectivity index (χ4n) is 2.57. The summed E-state index contributed by atoms with van der Waals surface area (Å²) in [4.78, 5) is 19.5. The lowest BCUT2D eigenvalue weighted by Crippen LogP contribution is -2.30. The van der Waals surface area contributed by atoms with Crippen LogP contribution in [-0.4, -0.2) is 34.1 Å². The lowest BCUT2D eigenvalue weighted by molar-refractivity contribution is -0.132. The van der Waals surface area contributed by atoms with Crippen molar-refractivity contribution in [2.45, 2.75) is 33.2 Å². The third kappa shape index (κ3) is 5.40. The Hall–Kier alpha value is -2.67. The number of ether oxygens (including phenoxy) is 1. The van der Waals surface area contributed by atoms with Gasteiger partial charge in [-0.3, -0.25) is 4.79 Å². The number of aryl methyl sites for hydroxylation is 1. The van der Waals surface area contributed by atoms with Crippen LogP contribution in [0.15, 0.2) is 46.3 Å². The number of amides is 1. The van der Waals surface area contributed by atoms with Crippen LogP contribution in [0, 0.1) is 6.92 Å². The van der Waals surface area contributed by atoms with Crippen LogP contribution >= 0.6 is 11.3 Å². The van der Waals surface area contributed by atoms with Gasteiger partial charge in [0.15, 0.2) is 0 Å². The molecule has 0 saturated heterocycles. The van der Waals surface area contributed by atoms with Crippen molar-refractivity contribution < 1.29 is 14.1 Å².